The van der Waals surface area contributed by atoms with Gasteiger partial charge in [-0.3, -0.25) is 9.59 Å². The van der Waals surface area contributed by atoms with Crippen LogP contribution >= 0.6 is 0 Å². The molecule has 0 radical (unpaired) electrons. The zero-order chi connectivity index (χ0) is 14.0. The number of benzene rings is 1. The normalized spacial score (nSPS) is 15.2. The van der Waals surface area contributed by atoms with Crippen molar-refractivity contribution in [2.45, 2.75) is 6.61 Å². The summed E-state index contributed by atoms with van der Waals surface area (Å²) in [7, 11) is 0. The van der Waals surface area contributed by atoms with Crippen LogP contribution < -0.4 is 4.74 Å². The van der Waals surface area contributed by atoms with Gasteiger partial charge in [0, 0.05) is 18.7 Å². The molecule has 1 saturated heterocycles. The molecule has 1 heterocycles. The molecule has 7 heteroatoms. The van der Waals surface area contributed by atoms with Gasteiger partial charge in [0.05, 0.1) is 5.92 Å². The molecule has 5 nitrogen and oxygen atoms in total. The molecule has 1 aliphatic heterocycles. The average molecular weight is 271 g/mol. The van der Waals surface area contributed by atoms with Crippen LogP contribution in [0.5, 0.6) is 5.75 Å². The van der Waals surface area contributed by atoms with Crippen LogP contribution in [-0.2, 0) is 4.79 Å². The van der Waals surface area contributed by atoms with Crippen LogP contribution in [0.1, 0.15) is 10.4 Å². The van der Waals surface area contributed by atoms with Crippen molar-refractivity contribution in [3.8, 4) is 5.75 Å². The maximum absolute atomic E-state index is 11.9. The van der Waals surface area contributed by atoms with Gasteiger partial charge in [0.2, 0.25) is 0 Å². The first-order chi connectivity index (χ1) is 8.97. The van der Waals surface area contributed by atoms with E-state index in [4.69, 9.17) is 5.11 Å². The van der Waals surface area contributed by atoms with Crippen LogP contribution in [0.25, 0.3) is 0 Å². The first-order valence-electron chi connectivity index (χ1n) is 5.54. The Bertz CT molecular complexity index is 483. The minimum Gasteiger partial charge on any atom is -0.481 e. The van der Waals surface area contributed by atoms with Gasteiger partial charge in [0.1, 0.15) is 5.75 Å². The topological polar surface area (TPSA) is 66.8 Å². The summed E-state index contributed by atoms with van der Waals surface area (Å²) in [6.45, 7) is -2.57. The number of amides is 1. The first-order valence-corrected chi connectivity index (χ1v) is 5.54. The zero-order valence-corrected chi connectivity index (χ0v) is 9.75. The summed E-state index contributed by atoms with van der Waals surface area (Å²) in [6, 6.07) is 5.28. The largest absolute Gasteiger partial charge is 0.481 e. The van der Waals surface area contributed by atoms with Crippen LogP contribution in [0.4, 0.5) is 8.78 Å². The number of carbonyl (C=O) groups is 2. The maximum Gasteiger partial charge on any atom is 0.387 e. The Morgan fingerprint density at radius 2 is 1.84 bits per heavy atom. The maximum atomic E-state index is 11.9. The number of halogens is 2. The molecular weight excluding hydrogens is 260 g/mol. The van der Waals surface area contributed by atoms with Gasteiger partial charge in [-0.1, -0.05) is 0 Å². The number of likely N-dealkylation sites (tertiary alicyclic amines) is 1. The lowest BCUT2D eigenvalue weighted by molar-refractivity contribution is -0.146. The number of hydrogen-bond acceptors (Lipinski definition) is 3. The van der Waals surface area contributed by atoms with Crippen molar-refractivity contribution < 1.29 is 28.2 Å². The summed E-state index contributed by atoms with van der Waals surface area (Å²) < 4.78 is 28.0. The molecule has 1 amide bonds. The molecule has 0 bridgehead atoms. The van der Waals surface area contributed by atoms with Gasteiger partial charge >= 0.3 is 12.6 Å². The van der Waals surface area contributed by atoms with E-state index in [0.717, 1.165) is 0 Å². The summed E-state index contributed by atoms with van der Waals surface area (Å²) in [5.74, 6) is -1.80. The molecular formula is C12H11F2NO4. The monoisotopic (exact) mass is 271 g/mol. The molecule has 102 valence electrons. The van der Waals surface area contributed by atoms with Crippen molar-refractivity contribution in [1.82, 2.24) is 4.90 Å². The van der Waals surface area contributed by atoms with Crippen LogP contribution in [0, 0.1) is 5.92 Å². The van der Waals surface area contributed by atoms with E-state index in [0.29, 0.717) is 5.56 Å². The fraction of sp³-hybridized carbons (Fsp3) is 0.333. The Morgan fingerprint density at radius 3 is 2.32 bits per heavy atom. The molecule has 0 unspecified atom stereocenters. The number of carboxylic acid groups (broad SMARTS) is 1. The molecule has 0 spiro atoms. The van der Waals surface area contributed by atoms with Gasteiger partial charge in [-0.2, -0.15) is 8.78 Å². The van der Waals surface area contributed by atoms with Gasteiger partial charge in [-0.05, 0) is 24.3 Å². The van der Waals surface area contributed by atoms with E-state index in [-0.39, 0.29) is 24.7 Å². The van der Waals surface area contributed by atoms with E-state index in [1.54, 1.807) is 0 Å². The molecule has 0 aromatic heterocycles. The Labute approximate surface area is 107 Å². The molecule has 2 rings (SSSR count). The van der Waals surface area contributed by atoms with Crippen molar-refractivity contribution in [3.63, 3.8) is 0 Å². The van der Waals surface area contributed by atoms with Crippen LogP contribution in [0.2, 0.25) is 0 Å². The van der Waals surface area contributed by atoms with Gasteiger partial charge in [0.25, 0.3) is 5.91 Å². The number of rotatable bonds is 4. The molecule has 19 heavy (non-hydrogen) atoms. The second kappa shape index (κ2) is 5.21. The molecule has 0 atom stereocenters. The number of alkyl halides is 2. The van der Waals surface area contributed by atoms with E-state index in [1.165, 1.54) is 29.2 Å². The number of ether oxygens (including phenoxy) is 1. The minimum atomic E-state index is -2.91. The number of carboxylic acids is 1. The second-order valence-corrected chi connectivity index (χ2v) is 4.15. The molecule has 1 aromatic carbocycles. The first kappa shape index (κ1) is 13.3. The fourth-order valence-electron chi connectivity index (χ4n) is 1.76. The lowest BCUT2D eigenvalue weighted by Gasteiger charge is -2.36. The zero-order valence-electron chi connectivity index (χ0n) is 9.75. The van der Waals surface area contributed by atoms with Crippen molar-refractivity contribution in [1.29, 1.82) is 0 Å². The lowest BCUT2D eigenvalue weighted by atomic mass is 9.99. The quantitative estimate of drug-likeness (QED) is 0.900. The Hall–Kier alpha value is -2.18. The van der Waals surface area contributed by atoms with E-state index in [1.807, 2.05) is 0 Å². The van der Waals surface area contributed by atoms with Crippen molar-refractivity contribution in [3.05, 3.63) is 29.8 Å². The van der Waals surface area contributed by atoms with E-state index in [2.05, 4.69) is 4.74 Å². The second-order valence-electron chi connectivity index (χ2n) is 4.15. The molecule has 1 N–H and O–H groups in total. The Morgan fingerprint density at radius 1 is 1.26 bits per heavy atom. The number of aliphatic carboxylic acids is 1. The fourth-order valence-corrected chi connectivity index (χ4v) is 1.76. The third-order valence-corrected chi connectivity index (χ3v) is 2.84. The van der Waals surface area contributed by atoms with Gasteiger partial charge in [0.15, 0.2) is 0 Å². The highest BCUT2D eigenvalue weighted by atomic mass is 19.3. The highest BCUT2D eigenvalue weighted by molar-refractivity contribution is 5.95. The average Bonchev–Trinajstić information content (AvgIpc) is 2.26. The van der Waals surface area contributed by atoms with Gasteiger partial charge in [-0.25, -0.2) is 0 Å². The van der Waals surface area contributed by atoms with Gasteiger partial charge < -0.3 is 14.7 Å². The third kappa shape index (κ3) is 2.98. The van der Waals surface area contributed by atoms with Gasteiger partial charge in [-0.15, -0.1) is 0 Å². The highest BCUT2D eigenvalue weighted by Gasteiger charge is 2.35. The summed E-state index contributed by atoms with van der Waals surface area (Å²) in [5.41, 5.74) is 0.311. The van der Waals surface area contributed by atoms with E-state index in [9.17, 15) is 18.4 Å². The van der Waals surface area contributed by atoms with Crippen molar-refractivity contribution in [2.24, 2.45) is 5.92 Å². The molecule has 1 aromatic rings. The summed E-state index contributed by atoms with van der Waals surface area (Å²) in [6.07, 6.45) is 0. The molecule has 1 aliphatic rings. The number of nitrogens with zero attached hydrogens (tertiary/aromatic N) is 1. The smallest absolute Gasteiger partial charge is 0.387 e. The number of carbonyl (C=O) groups excluding carboxylic acids is 1. The third-order valence-electron chi connectivity index (χ3n) is 2.84. The van der Waals surface area contributed by atoms with Crippen molar-refractivity contribution in [2.75, 3.05) is 13.1 Å². The number of hydrogen-bond donors (Lipinski definition) is 1. The van der Waals surface area contributed by atoms with Crippen LogP contribution in [0.3, 0.4) is 0 Å². The summed E-state index contributed by atoms with van der Waals surface area (Å²) >= 11 is 0. The van der Waals surface area contributed by atoms with Crippen LogP contribution in [-0.4, -0.2) is 41.6 Å². The predicted molar refractivity (Wildman–Crippen MR) is 60.1 cm³/mol. The van der Waals surface area contributed by atoms with Crippen molar-refractivity contribution >= 4 is 11.9 Å². The molecule has 1 fully saturated rings. The minimum absolute atomic E-state index is 0.0291. The SMILES string of the molecule is O=C(O)C1CN(C(=O)c2ccc(OC(F)F)cc2)C1. The lowest BCUT2D eigenvalue weighted by Crippen LogP contribution is -2.53. The van der Waals surface area contributed by atoms with E-state index < -0.39 is 18.5 Å². The van der Waals surface area contributed by atoms with E-state index >= 15 is 0 Å². The molecule has 0 saturated carbocycles. The summed E-state index contributed by atoms with van der Waals surface area (Å²) in [5, 5.41) is 8.70. The van der Waals surface area contributed by atoms with Crippen LogP contribution in [0.15, 0.2) is 24.3 Å². The Kier molecular flexibility index (Phi) is 3.64. The standard InChI is InChI=1S/C12H11F2NO4/c13-12(14)19-9-3-1-7(2-4-9)10(16)15-5-8(6-15)11(17)18/h1-4,8,12H,5-6H2,(H,17,18). The Balaban J connectivity index is 1.95. The highest BCUT2D eigenvalue weighted by Crippen LogP contribution is 2.21. The predicted octanol–water partition coefficient (Wildman–Crippen LogP) is 1.44. The summed E-state index contributed by atoms with van der Waals surface area (Å²) in [4.78, 5) is 23.9. The molecule has 0 aliphatic carbocycles.